The summed E-state index contributed by atoms with van der Waals surface area (Å²) >= 11 is 0. The number of carbonyl (C=O) groups is 1. The van der Waals surface area contributed by atoms with E-state index in [9.17, 15) is 13.2 Å². The first-order valence-corrected chi connectivity index (χ1v) is 9.69. The van der Waals surface area contributed by atoms with Crippen LogP contribution in [0.4, 0.5) is 5.69 Å². The fraction of sp³-hybridized carbons (Fsp3) is 0.588. The summed E-state index contributed by atoms with van der Waals surface area (Å²) in [4.78, 5) is 12.2. The lowest BCUT2D eigenvalue weighted by Crippen LogP contribution is -2.37. The van der Waals surface area contributed by atoms with Crippen LogP contribution in [0.2, 0.25) is 0 Å². The molecule has 1 heterocycles. The molecule has 0 radical (unpaired) electrons. The highest BCUT2D eigenvalue weighted by Gasteiger charge is 2.27. The zero-order valence-corrected chi connectivity index (χ0v) is 14.9. The Kier molecular flexibility index (Phi) is 5.81. The number of piperidine rings is 1. The van der Waals surface area contributed by atoms with Crippen LogP contribution in [-0.4, -0.2) is 31.7 Å². The lowest BCUT2D eigenvalue weighted by Gasteiger charge is -2.29. The van der Waals surface area contributed by atoms with Crippen LogP contribution in [0, 0.1) is 11.8 Å². The second-order valence-electron chi connectivity index (χ2n) is 6.41. The molecule has 0 saturated carbocycles. The maximum atomic E-state index is 12.6. The molecular formula is C17H26N2O3S. The molecule has 23 heavy (non-hydrogen) atoms. The Morgan fingerprint density at radius 3 is 2.35 bits per heavy atom. The minimum absolute atomic E-state index is 0.0480. The zero-order valence-electron chi connectivity index (χ0n) is 14.1. The molecule has 1 amide bonds. The number of amides is 1. The highest BCUT2D eigenvalue weighted by Crippen LogP contribution is 2.24. The van der Waals surface area contributed by atoms with Gasteiger partial charge in [-0.25, -0.2) is 8.42 Å². The number of hydrogen-bond donors (Lipinski definition) is 1. The van der Waals surface area contributed by atoms with Gasteiger partial charge in [0.25, 0.3) is 0 Å². The fourth-order valence-corrected chi connectivity index (χ4v) is 4.01. The van der Waals surface area contributed by atoms with E-state index >= 15 is 0 Å². The van der Waals surface area contributed by atoms with Gasteiger partial charge >= 0.3 is 0 Å². The Hall–Kier alpha value is -1.40. The van der Waals surface area contributed by atoms with E-state index in [1.54, 1.807) is 28.6 Å². The highest BCUT2D eigenvalue weighted by atomic mass is 32.2. The summed E-state index contributed by atoms with van der Waals surface area (Å²) in [6, 6.07) is 6.44. The number of nitrogens with one attached hydrogen (secondary N) is 1. The van der Waals surface area contributed by atoms with Crippen molar-refractivity contribution < 1.29 is 13.2 Å². The zero-order chi connectivity index (χ0) is 17.0. The van der Waals surface area contributed by atoms with Crippen molar-refractivity contribution in [2.75, 3.05) is 18.4 Å². The van der Waals surface area contributed by atoms with E-state index in [0.717, 1.165) is 19.3 Å². The first-order chi connectivity index (χ1) is 10.8. The van der Waals surface area contributed by atoms with Crippen LogP contribution in [0.25, 0.3) is 0 Å². The molecule has 1 saturated heterocycles. The second-order valence-corrected chi connectivity index (χ2v) is 8.35. The van der Waals surface area contributed by atoms with Crippen molar-refractivity contribution in [3.63, 3.8) is 0 Å². The number of nitrogens with zero attached hydrogens (tertiary/aromatic N) is 1. The maximum absolute atomic E-state index is 12.6. The van der Waals surface area contributed by atoms with Crippen LogP contribution in [-0.2, 0) is 14.8 Å². The lowest BCUT2D eigenvalue weighted by atomic mass is 10.0. The summed E-state index contributed by atoms with van der Waals surface area (Å²) in [7, 11) is -3.43. The highest BCUT2D eigenvalue weighted by molar-refractivity contribution is 7.89. The SMILES string of the molecule is CC[C@@H](C)C(=O)Nc1ccc(S(=O)(=O)N2CCC(C)CC2)cc1. The summed E-state index contributed by atoms with van der Waals surface area (Å²) < 4.78 is 26.8. The van der Waals surface area contributed by atoms with Gasteiger partial charge in [0.1, 0.15) is 0 Å². The molecule has 1 N–H and O–H groups in total. The third kappa shape index (κ3) is 4.32. The summed E-state index contributed by atoms with van der Waals surface area (Å²) in [5.74, 6) is 0.474. The molecule has 5 nitrogen and oxygen atoms in total. The molecule has 0 aliphatic carbocycles. The molecule has 2 rings (SSSR count). The van der Waals surface area contributed by atoms with Crippen LogP contribution in [0.3, 0.4) is 0 Å². The monoisotopic (exact) mass is 338 g/mol. The molecule has 0 bridgehead atoms. The molecule has 0 unspecified atom stereocenters. The van der Waals surface area contributed by atoms with Crippen molar-refractivity contribution in [1.82, 2.24) is 4.31 Å². The van der Waals surface area contributed by atoms with Gasteiger partial charge in [-0.2, -0.15) is 4.31 Å². The van der Waals surface area contributed by atoms with Gasteiger partial charge in [0.15, 0.2) is 0 Å². The predicted molar refractivity (Wildman–Crippen MR) is 91.7 cm³/mol. The van der Waals surface area contributed by atoms with Gasteiger partial charge in [0, 0.05) is 24.7 Å². The number of sulfonamides is 1. The Morgan fingerprint density at radius 2 is 1.83 bits per heavy atom. The van der Waals surface area contributed by atoms with Crippen molar-refractivity contribution in [2.45, 2.75) is 44.9 Å². The van der Waals surface area contributed by atoms with Gasteiger partial charge in [-0.05, 0) is 49.4 Å². The van der Waals surface area contributed by atoms with E-state index in [1.807, 2.05) is 13.8 Å². The van der Waals surface area contributed by atoms with E-state index in [4.69, 9.17) is 0 Å². The van der Waals surface area contributed by atoms with Crippen molar-refractivity contribution >= 4 is 21.6 Å². The summed E-state index contributed by atoms with van der Waals surface area (Å²) in [6.07, 6.45) is 2.58. The van der Waals surface area contributed by atoms with Crippen molar-refractivity contribution in [3.8, 4) is 0 Å². The second kappa shape index (κ2) is 7.45. The van der Waals surface area contributed by atoms with Crippen molar-refractivity contribution in [3.05, 3.63) is 24.3 Å². The van der Waals surface area contributed by atoms with Crippen LogP contribution < -0.4 is 5.32 Å². The lowest BCUT2D eigenvalue weighted by molar-refractivity contribution is -0.119. The van der Waals surface area contributed by atoms with Gasteiger partial charge in [0.2, 0.25) is 15.9 Å². The average Bonchev–Trinajstić information content (AvgIpc) is 2.55. The number of anilines is 1. The van der Waals surface area contributed by atoms with Crippen LogP contribution >= 0.6 is 0 Å². The molecule has 1 atom stereocenters. The van der Waals surface area contributed by atoms with Gasteiger partial charge < -0.3 is 5.32 Å². The van der Waals surface area contributed by atoms with E-state index in [0.29, 0.717) is 24.7 Å². The molecular weight excluding hydrogens is 312 g/mol. The normalized spacial score (nSPS) is 18.6. The summed E-state index contributed by atoms with van der Waals surface area (Å²) in [5, 5.41) is 2.81. The molecule has 0 aromatic heterocycles. The van der Waals surface area contributed by atoms with E-state index in [-0.39, 0.29) is 16.7 Å². The van der Waals surface area contributed by atoms with Crippen LogP contribution in [0.5, 0.6) is 0 Å². The first-order valence-electron chi connectivity index (χ1n) is 8.25. The van der Waals surface area contributed by atoms with Crippen LogP contribution in [0.1, 0.15) is 40.0 Å². The fourth-order valence-electron chi connectivity index (χ4n) is 2.54. The molecule has 1 aromatic rings. The molecule has 128 valence electrons. The third-order valence-electron chi connectivity index (χ3n) is 4.56. The van der Waals surface area contributed by atoms with Gasteiger partial charge in [-0.1, -0.05) is 20.8 Å². The topological polar surface area (TPSA) is 66.5 Å². The Bertz CT molecular complexity index is 632. The molecule has 6 heteroatoms. The van der Waals surface area contributed by atoms with Crippen molar-refractivity contribution in [2.24, 2.45) is 11.8 Å². The molecule has 0 spiro atoms. The average molecular weight is 338 g/mol. The molecule has 1 aliphatic rings. The standard InChI is InChI=1S/C17H26N2O3S/c1-4-14(3)17(20)18-15-5-7-16(8-6-15)23(21,22)19-11-9-13(2)10-12-19/h5-8,13-14H,4,9-12H2,1-3H3,(H,18,20)/t14-/m1/s1. The molecule has 1 aliphatic heterocycles. The van der Waals surface area contributed by atoms with E-state index in [2.05, 4.69) is 12.2 Å². The van der Waals surface area contributed by atoms with Crippen LogP contribution in [0.15, 0.2) is 29.2 Å². The summed E-state index contributed by atoms with van der Waals surface area (Å²) in [6.45, 7) is 7.13. The maximum Gasteiger partial charge on any atom is 0.243 e. The number of carbonyl (C=O) groups excluding carboxylic acids is 1. The van der Waals surface area contributed by atoms with Gasteiger partial charge in [0.05, 0.1) is 4.90 Å². The quantitative estimate of drug-likeness (QED) is 0.897. The predicted octanol–water partition coefficient (Wildman–Crippen LogP) is 3.09. The summed E-state index contributed by atoms with van der Waals surface area (Å²) in [5.41, 5.74) is 0.626. The van der Waals surface area contributed by atoms with E-state index in [1.165, 1.54) is 0 Å². The minimum Gasteiger partial charge on any atom is -0.326 e. The largest absolute Gasteiger partial charge is 0.326 e. The smallest absolute Gasteiger partial charge is 0.243 e. The number of hydrogen-bond acceptors (Lipinski definition) is 3. The minimum atomic E-state index is -3.43. The Balaban J connectivity index is 2.08. The van der Waals surface area contributed by atoms with Gasteiger partial charge in [-0.3, -0.25) is 4.79 Å². The number of benzene rings is 1. The van der Waals surface area contributed by atoms with E-state index < -0.39 is 10.0 Å². The Morgan fingerprint density at radius 1 is 1.26 bits per heavy atom. The molecule has 1 fully saturated rings. The number of rotatable bonds is 5. The first kappa shape index (κ1) is 17.9. The van der Waals surface area contributed by atoms with Crippen molar-refractivity contribution in [1.29, 1.82) is 0 Å². The Labute approximate surface area is 139 Å². The van der Waals surface area contributed by atoms with Gasteiger partial charge in [-0.15, -0.1) is 0 Å². The molecule has 1 aromatic carbocycles. The third-order valence-corrected chi connectivity index (χ3v) is 6.48.